The second-order valence-corrected chi connectivity index (χ2v) is 4.09. The maximum atomic E-state index is 5.67. The van der Waals surface area contributed by atoms with Gasteiger partial charge in [0.25, 0.3) is 0 Å². The Bertz CT molecular complexity index is 296. The van der Waals surface area contributed by atoms with Gasteiger partial charge in [0.15, 0.2) is 0 Å². The molecule has 0 aromatic heterocycles. The monoisotopic (exact) mass is 219 g/mol. The number of nitrogens with zero attached hydrogens (tertiary/aromatic N) is 1. The van der Waals surface area contributed by atoms with E-state index in [1.54, 1.807) is 0 Å². The number of hydrogen-bond donors (Lipinski definition) is 0. The predicted octanol–water partition coefficient (Wildman–Crippen LogP) is 1.28. The van der Waals surface area contributed by atoms with Crippen LogP contribution in [0.1, 0.15) is 31.4 Å². The maximum absolute atomic E-state index is 5.67. The molecular formula is C12H18BNO2. The molecule has 86 valence electrons. The quantitative estimate of drug-likeness (QED) is 0.704. The Labute approximate surface area is 98.5 Å². The molecule has 1 atom stereocenters. The molecule has 1 heterocycles. The molecule has 1 fully saturated rings. The van der Waals surface area contributed by atoms with E-state index in [1.807, 2.05) is 12.1 Å². The van der Waals surface area contributed by atoms with Crippen molar-refractivity contribution in [3.8, 4) is 0 Å². The average Bonchev–Trinajstić information content (AvgIpc) is 2.71. The topological polar surface area (TPSA) is 63.2 Å². The molecule has 1 unspecified atom stereocenters. The summed E-state index contributed by atoms with van der Waals surface area (Å²) >= 11 is 0. The van der Waals surface area contributed by atoms with Gasteiger partial charge < -0.3 is 11.0 Å². The smallest absolute Gasteiger partial charge is 0.870 e. The predicted molar refractivity (Wildman–Crippen MR) is 64.9 cm³/mol. The van der Waals surface area contributed by atoms with Gasteiger partial charge in [-0.05, 0) is 0 Å². The van der Waals surface area contributed by atoms with Crippen LogP contribution in [0.5, 0.6) is 0 Å². The van der Waals surface area contributed by atoms with Crippen LogP contribution in [0.25, 0.3) is 0 Å². The van der Waals surface area contributed by atoms with E-state index in [2.05, 4.69) is 24.0 Å². The van der Waals surface area contributed by atoms with E-state index in [0.717, 1.165) is 5.46 Å². The third kappa shape index (κ3) is 3.34. The molecule has 16 heavy (non-hydrogen) atoms. The Morgan fingerprint density at radius 3 is 2.06 bits per heavy atom. The Balaban J connectivity index is 0.00000112. The second kappa shape index (κ2) is 6.68. The van der Waals surface area contributed by atoms with Crippen molar-refractivity contribution in [2.24, 2.45) is 0 Å². The Hall–Kier alpha value is -0.835. The van der Waals surface area contributed by atoms with Crippen molar-refractivity contribution in [2.75, 3.05) is 13.1 Å². The fraction of sp³-hybridized carbons (Fsp3) is 0.500. The molecule has 4 heteroatoms. The van der Waals surface area contributed by atoms with Crippen LogP contribution < -0.4 is 5.46 Å². The third-order valence-electron chi connectivity index (χ3n) is 3.11. The van der Waals surface area contributed by atoms with Gasteiger partial charge in [0.1, 0.15) is 0 Å². The van der Waals surface area contributed by atoms with Crippen LogP contribution in [0.2, 0.25) is 0 Å². The van der Waals surface area contributed by atoms with Crippen LogP contribution in [0.3, 0.4) is 0 Å². The molecule has 1 aromatic rings. The van der Waals surface area contributed by atoms with Crippen LogP contribution in [0.15, 0.2) is 24.3 Å². The van der Waals surface area contributed by atoms with Crippen molar-refractivity contribution in [3.63, 3.8) is 0 Å². The van der Waals surface area contributed by atoms with Crippen molar-refractivity contribution in [3.05, 3.63) is 29.8 Å². The summed E-state index contributed by atoms with van der Waals surface area (Å²) in [5.74, 6) is 0. The van der Waals surface area contributed by atoms with Crippen LogP contribution >= 0.6 is 0 Å². The summed E-state index contributed by atoms with van der Waals surface area (Å²) in [6.45, 7) is 4.76. The molecular weight excluding hydrogens is 201 g/mol. The molecule has 0 saturated carbocycles. The number of hydrogen-bond acceptors (Lipinski definition) is 3. The minimum Gasteiger partial charge on any atom is -0.870 e. The van der Waals surface area contributed by atoms with Gasteiger partial charge in [-0.3, -0.25) is 0 Å². The molecule has 0 radical (unpaired) electrons. The standard InChI is InChI=1S/C12H16BN.2H2O/c1-10(14-8-2-3-9-14)11-4-6-12(13)7-5-11;;/h4-7,10H,2-3,8-9H2,1H3;2*1H2/q+2;;/p-2. The van der Waals surface area contributed by atoms with Crippen molar-refractivity contribution in [1.82, 2.24) is 4.90 Å². The second-order valence-electron chi connectivity index (χ2n) is 4.09. The van der Waals surface area contributed by atoms with Gasteiger partial charge in [-0.1, -0.05) is 0 Å². The Morgan fingerprint density at radius 2 is 1.56 bits per heavy atom. The molecule has 0 aliphatic carbocycles. The first-order valence-corrected chi connectivity index (χ1v) is 5.37. The summed E-state index contributed by atoms with van der Waals surface area (Å²) in [5.41, 5.74) is 2.23. The first kappa shape index (κ1) is 15.2. The summed E-state index contributed by atoms with van der Waals surface area (Å²) in [5, 5.41) is 0. The van der Waals surface area contributed by atoms with E-state index in [9.17, 15) is 0 Å². The summed E-state index contributed by atoms with van der Waals surface area (Å²) in [4.78, 5) is 2.53. The largest absolute Gasteiger partial charge is 0.870 e. The molecule has 0 spiro atoms. The molecule has 3 nitrogen and oxygen atoms in total. The number of benzene rings is 1. The first-order valence-electron chi connectivity index (χ1n) is 5.37. The summed E-state index contributed by atoms with van der Waals surface area (Å²) in [7, 11) is 5.67. The van der Waals surface area contributed by atoms with Gasteiger partial charge >= 0.3 is 86.9 Å². The van der Waals surface area contributed by atoms with Crippen molar-refractivity contribution in [1.29, 1.82) is 0 Å². The van der Waals surface area contributed by atoms with E-state index < -0.39 is 0 Å². The Kier molecular flexibility index (Phi) is 6.34. The van der Waals surface area contributed by atoms with Crippen molar-refractivity contribution in [2.45, 2.75) is 25.8 Å². The van der Waals surface area contributed by atoms with Gasteiger partial charge in [0, 0.05) is 0 Å². The zero-order valence-electron chi connectivity index (χ0n) is 9.63. The van der Waals surface area contributed by atoms with Gasteiger partial charge in [-0.15, -0.1) is 0 Å². The van der Waals surface area contributed by atoms with E-state index in [-0.39, 0.29) is 11.0 Å². The molecule has 1 aromatic carbocycles. The number of rotatable bonds is 2. The summed E-state index contributed by atoms with van der Waals surface area (Å²) < 4.78 is 0. The molecule has 1 aliphatic heterocycles. The minimum absolute atomic E-state index is 0. The first-order chi connectivity index (χ1) is 6.77. The van der Waals surface area contributed by atoms with E-state index in [0.29, 0.717) is 6.04 Å². The van der Waals surface area contributed by atoms with E-state index in [1.165, 1.54) is 31.5 Å². The zero-order valence-corrected chi connectivity index (χ0v) is 9.63. The van der Waals surface area contributed by atoms with E-state index >= 15 is 0 Å². The SMILES string of the molecule is [B+2]c1ccc(C(C)N2CCCC2)cc1.[OH-].[OH-]. The molecule has 1 saturated heterocycles. The summed E-state index contributed by atoms with van der Waals surface area (Å²) in [6, 6.07) is 8.79. The van der Waals surface area contributed by atoms with Crippen molar-refractivity contribution < 1.29 is 11.0 Å². The van der Waals surface area contributed by atoms with Crippen LogP contribution in [0, 0.1) is 0 Å². The minimum atomic E-state index is 0. The fourth-order valence-electron chi connectivity index (χ4n) is 2.11. The van der Waals surface area contributed by atoms with Crippen LogP contribution in [-0.4, -0.2) is 36.8 Å². The van der Waals surface area contributed by atoms with Crippen LogP contribution in [-0.2, 0) is 0 Å². The molecule has 2 rings (SSSR count). The molecule has 0 bridgehead atoms. The van der Waals surface area contributed by atoms with Gasteiger partial charge in [0.2, 0.25) is 0 Å². The normalized spacial score (nSPS) is 17.4. The average molecular weight is 219 g/mol. The number of likely N-dealkylation sites (tertiary alicyclic amines) is 1. The molecule has 1 aliphatic rings. The van der Waals surface area contributed by atoms with Crippen molar-refractivity contribution >= 4 is 13.3 Å². The summed E-state index contributed by atoms with van der Waals surface area (Å²) in [6.07, 6.45) is 2.69. The third-order valence-corrected chi connectivity index (χ3v) is 3.11. The van der Waals surface area contributed by atoms with Gasteiger partial charge in [0.05, 0.1) is 0 Å². The van der Waals surface area contributed by atoms with Crippen LogP contribution in [0.4, 0.5) is 0 Å². The molecule has 2 N–H and O–H groups in total. The van der Waals surface area contributed by atoms with Gasteiger partial charge in [-0.2, -0.15) is 0 Å². The maximum Gasteiger partial charge on any atom is -0.870 e. The Morgan fingerprint density at radius 1 is 1.06 bits per heavy atom. The zero-order chi connectivity index (χ0) is 9.97. The fourth-order valence-corrected chi connectivity index (χ4v) is 2.11. The molecule has 0 amide bonds. The van der Waals surface area contributed by atoms with Gasteiger partial charge in [-0.25, -0.2) is 0 Å². The van der Waals surface area contributed by atoms with E-state index in [4.69, 9.17) is 7.85 Å².